The molecule has 0 unspecified atom stereocenters. The largest absolute Gasteiger partial charge is 0.463 e. The molecule has 1 aliphatic heterocycles. The number of H-pyrrole nitrogens is 1. The Kier molecular flexibility index (Phi) is 3.39. The van der Waals surface area contributed by atoms with Gasteiger partial charge in [-0.15, -0.1) is 0 Å². The van der Waals surface area contributed by atoms with Crippen LogP contribution in [0.15, 0.2) is 51.9 Å². The zero-order valence-electron chi connectivity index (χ0n) is 14.4. The van der Waals surface area contributed by atoms with Crippen molar-refractivity contribution in [3.63, 3.8) is 0 Å². The Bertz CT molecular complexity index is 1160. The average molecular weight is 361 g/mol. The van der Waals surface area contributed by atoms with Gasteiger partial charge in [-0.25, -0.2) is 5.10 Å². The first-order valence-corrected chi connectivity index (χ1v) is 8.56. The minimum atomic E-state index is -0.410. The second-order valence-electron chi connectivity index (χ2n) is 6.24. The topological polar surface area (TPSA) is 115 Å². The second-order valence-corrected chi connectivity index (χ2v) is 6.24. The zero-order valence-corrected chi connectivity index (χ0v) is 14.4. The number of tetrazole rings is 1. The van der Waals surface area contributed by atoms with Crippen molar-refractivity contribution >= 4 is 11.6 Å². The van der Waals surface area contributed by atoms with E-state index >= 15 is 0 Å². The molecule has 9 heteroatoms. The van der Waals surface area contributed by atoms with Gasteiger partial charge in [0, 0.05) is 5.56 Å². The van der Waals surface area contributed by atoms with Gasteiger partial charge in [-0.2, -0.15) is 9.78 Å². The van der Waals surface area contributed by atoms with Gasteiger partial charge in [-0.3, -0.25) is 4.79 Å². The normalized spacial score (nSPS) is 15.1. The third-order valence-electron chi connectivity index (χ3n) is 4.73. The molecule has 3 aromatic heterocycles. The average Bonchev–Trinajstić information content (AvgIpc) is 3.39. The highest BCUT2D eigenvalue weighted by molar-refractivity contribution is 5.73. The van der Waals surface area contributed by atoms with Crippen LogP contribution in [0.3, 0.4) is 0 Å². The number of nitrogens with zero attached hydrogens (tertiary/aromatic N) is 5. The third kappa shape index (κ3) is 2.35. The number of rotatable bonds is 3. The molecule has 1 aliphatic rings. The van der Waals surface area contributed by atoms with E-state index in [1.165, 1.54) is 5.56 Å². The number of anilines is 2. The molecule has 27 heavy (non-hydrogen) atoms. The van der Waals surface area contributed by atoms with Crippen molar-refractivity contribution in [2.75, 3.05) is 5.32 Å². The number of hydrogen-bond acceptors (Lipinski definition) is 7. The summed E-state index contributed by atoms with van der Waals surface area (Å²) in [4.78, 5) is 12.5. The van der Waals surface area contributed by atoms with E-state index in [0.29, 0.717) is 28.7 Å². The van der Waals surface area contributed by atoms with Gasteiger partial charge in [0.25, 0.3) is 5.56 Å². The lowest BCUT2D eigenvalue weighted by atomic mass is 9.93. The molecule has 134 valence electrons. The second kappa shape index (κ2) is 5.90. The molecule has 0 bridgehead atoms. The number of fused-ring (bicyclic) bond motifs is 2. The maximum atomic E-state index is 12.5. The van der Waals surface area contributed by atoms with Crippen LogP contribution in [0.1, 0.15) is 29.7 Å². The van der Waals surface area contributed by atoms with Gasteiger partial charge in [0.1, 0.15) is 17.4 Å². The van der Waals surface area contributed by atoms with E-state index in [0.717, 1.165) is 12.0 Å². The molecular weight excluding hydrogens is 346 g/mol. The quantitative estimate of drug-likeness (QED) is 0.506. The predicted octanol–water partition coefficient (Wildman–Crippen LogP) is 2.27. The first-order chi connectivity index (χ1) is 13.3. The fourth-order valence-corrected chi connectivity index (χ4v) is 3.38. The molecule has 0 spiro atoms. The molecule has 4 heterocycles. The standard InChI is InChI=1S/C18H15N7O2/c1-2-10-5-7-11(8-6-10)16-13-14(12-4-3-9-27-12)20-21-17(26)15(13)19-18-22-23-24-25(16)18/h3-9,16H,2H2,1H3,(H,21,26)(H,19,22,24)/t16-/m1/s1. The van der Waals surface area contributed by atoms with E-state index in [9.17, 15) is 4.79 Å². The number of benzene rings is 1. The van der Waals surface area contributed by atoms with Crippen LogP contribution in [0.4, 0.5) is 11.6 Å². The highest BCUT2D eigenvalue weighted by atomic mass is 16.3. The van der Waals surface area contributed by atoms with Gasteiger partial charge in [0.2, 0.25) is 5.95 Å². The highest BCUT2D eigenvalue weighted by Gasteiger charge is 2.34. The lowest BCUT2D eigenvalue weighted by Gasteiger charge is -2.27. The van der Waals surface area contributed by atoms with Gasteiger partial charge >= 0.3 is 0 Å². The Morgan fingerprint density at radius 3 is 2.81 bits per heavy atom. The first-order valence-electron chi connectivity index (χ1n) is 8.56. The number of aromatic nitrogens is 6. The molecule has 0 amide bonds. The molecule has 2 N–H and O–H groups in total. The van der Waals surface area contributed by atoms with Crippen molar-refractivity contribution in [3.05, 3.63) is 69.7 Å². The van der Waals surface area contributed by atoms with Gasteiger partial charge in [-0.05, 0) is 40.1 Å². The van der Waals surface area contributed by atoms with E-state index in [4.69, 9.17) is 4.42 Å². The fraction of sp³-hybridized carbons (Fsp3) is 0.167. The van der Waals surface area contributed by atoms with E-state index in [2.05, 4.69) is 50.1 Å². The summed E-state index contributed by atoms with van der Waals surface area (Å²) in [6.45, 7) is 2.10. The smallest absolute Gasteiger partial charge is 0.288 e. The van der Waals surface area contributed by atoms with Gasteiger partial charge in [-0.1, -0.05) is 36.3 Å². The van der Waals surface area contributed by atoms with Crippen molar-refractivity contribution in [2.24, 2.45) is 0 Å². The monoisotopic (exact) mass is 361 g/mol. The Morgan fingerprint density at radius 2 is 2.07 bits per heavy atom. The molecule has 0 saturated heterocycles. The SMILES string of the molecule is CCc1ccc([C@@H]2c3c(-c4ccco4)n[nH]c(=O)c3Nc3nnnn32)cc1. The van der Waals surface area contributed by atoms with Crippen LogP contribution in [-0.2, 0) is 6.42 Å². The summed E-state index contributed by atoms with van der Waals surface area (Å²) in [6, 6.07) is 11.3. The van der Waals surface area contributed by atoms with Crippen LogP contribution >= 0.6 is 0 Å². The Hall–Kier alpha value is -3.75. The molecule has 4 aromatic rings. The Labute approximate surface area is 153 Å². The summed E-state index contributed by atoms with van der Waals surface area (Å²) in [7, 11) is 0. The maximum absolute atomic E-state index is 12.5. The predicted molar refractivity (Wildman–Crippen MR) is 96.7 cm³/mol. The Morgan fingerprint density at radius 1 is 1.22 bits per heavy atom. The summed E-state index contributed by atoms with van der Waals surface area (Å²) in [6.07, 6.45) is 2.51. The van der Waals surface area contributed by atoms with Crippen molar-refractivity contribution in [1.29, 1.82) is 0 Å². The Balaban J connectivity index is 1.79. The van der Waals surface area contributed by atoms with Crippen LogP contribution in [0.5, 0.6) is 0 Å². The molecule has 1 aromatic carbocycles. The number of aryl methyl sites for hydroxylation is 1. The van der Waals surface area contributed by atoms with Gasteiger partial charge in [0.05, 0.1) is 6.26 Å². The van der Waals surface area contributed by atoms with E-state index in [1.807, 2.05) is 12.1 Å². The lowest BCUT2D eigenvalue weighted by molar-refractivity contribution is 0.554. The summed E-state index contributed by atoms with van der Waals surface area (Å²) in [5.41, 5.74) is 3.39. The van der Waals surface area contributed by atoms with Crippen LogP contribution in [0, 0.1) is 0 Å². The highest BCUT2D eigenvalue weighted by Crippen LogP contribution is 2.40. The van der Waals surface area contributed by atoms with Crippen molar-refractivity contribution in [3.8, 4) is 11.5 Å². The molecular formula is C18H15N7O2. The molecule has 1 atom stereocenters. The summed E-state index contributed by atoms with van der Waals surface area (Å²) in [5.74, 6) is 0.949. The van der Waals surface area contributed by atoms with Crippen LogP contribution in [-0.4, -0.2) is 30.4 Å². The number of nitrogens with one attached hydrogen (secondary N) is 2. The minimum absolute atomic E-state index is 0.343. The van der Waals surface area contributed by atoms with Crippen molar-refractivity contribution in [2.45, 2.75) is 19.4 Å². The summed E-state index contributed by atoms with van der Waals surface area (Å²) >= 11 is 0. The molecule has 9 nitrogen and oxygen atoms in total. The molecule has 0 aliphatic carbocycles. The number of furan rings is 1. The fourth-order valence-electron chi connectivity index (χ4n) is 3.38. The minimum Gasteiger partial charge on any atom is -0.463 e. The molecule has 0 radical (unpaired) electrons. The van der Waals surface area contributed by atoms with E-state index in [1.54, 1.807) is 23.1 Å². The zero-order chi connectivity index (χ0) is 18.4. The summed E-state index contributed by atoms with van der Waals surface area (Å²) < 4.78 is 7.19. The third-order valence-corrected chi connectivity index (χ3v) is 4.73. The molecule has 5 rings (SSSR count). The van der Waals surface area contributed by atoms with E-state index < -0.39 is 6.04 Å². The van der Waals surface area contributed by atoms with Crippen LogP contribution in [0.2, 0.25) is 0 Å². The first kappa shape index (κ1) is 15.5. The lowest BCUT2D eigenvalue weighted by Crippen LogP contribution is -2.29. The molecule has 0 fully saturated rings. The van der Waals surface area contributed by atoms with Crippen molar-refractivity contribution < 1.29 is 4.42 Å². The summed E-state index contributed by atoms with van der Waals surface area (Å²) in [5, 5.41) is 21.7. The number of hydrogen-bond donors (Lipinski definition) is 2. The maximum Gasteiger partial charge on any atom is 0.288 e. The van der Waals surface area contributed by atoms with Crippen molar-refractivity contribution in [1.82, 2.24) is 30.4 Å². The van der Waals surface area contributed by atoms with E-state index in [-0.39, 0.29) is 5.56 Å². The van der Waals surface area contributed by atoms with Crippen LogP contribution < -0.4 is 10.9 Å². The molecule has 0 saturated carbocycles. The van der Waals surface area contributed by atoms with Gasteiger partial charge in [0.15, 0.2) is 5.76 Å². The van der Waals surface area contributed by atoms with Gasteiger partial charge < -0.3 is 9.73 Å². The van der Waals surface area contributed by atoms with Crippen LogP contribution in [0.25, 0.3) is 11.5 Å². The number of aromatic amines is 1.